The van der Waals surface area contributed by atoms with Gasteiger partial charge in [0.05, 0.1) is 12.1 Å². The van der Waals surface area contributed by atoms with Crippen molar-refractivity contribution in [1.29, 1.82) is 0 Å². The molecule has 136 valence electrons. The topological polar surface area (TPSA) is 69.6 Å². The summed E-state index contributed by atoms with van der Waals surface area (Å²) in [6.45, 7) is 0.929. The van der Waals surface area contributed by atoms with Gasteiger partial charge in [-0.1, -0.05) is 29.8 Å². The van der Waals surface area contributed by atoms with Crippen LogP contribution < -0.4 is 5.32 Å². The predicted molar refractivity (Wildman–Crippen MR) is 90.4 cm³/mol. The summed E-state index contributed by atoms with van der Waals surface area (Å²) in [5.74, 6) is -2.55. The number of nitrogens with one attached hydrogen (secondary N) is 1. The van der Waals surface area contributed by atoms with Crippen molar-refractivity contribution in [2.24, 2.45) is 0 Å². The Balaban J connectivity index is 1.86. The van der Waals surface area contributed by atoms with Crippen LogP contribution in [0.2, 0.25) is 5.02 Å². The maximum atomic E-state index is 13.8. The predicted octanol–water partition coefficient (Wildman–Crippen LogP) is 3.12. The number of amides is 3. The molecule has 0 bridgehead atoms. The second-order valence-corrected chi connectivity index (χ2v) is 6.57. The van der Waals surface area contributed by atoms with E-state index in [0.29, 0.717) is 10.6 Å². The number of aliphatic hydroxyl groups is 1. The molecule has 1 heterocycles. The van der Waals surface area contributed by atoms with Crippen LogP contribution in [0.3, 0.4) is 0 Å². The van der Waals surface area contributed by atoms with Crippen LogP contribution in [0.5, 0.6) is 0 Å². The molecule has 1 aliphatic heterocycles. The first-order chi connectivity index (χ1) is 12.2. The van der Waals surface area contributed by atoms with Crippen LogP contribution in [-0.2, 0) is 10.3 Å². The molecule has 26 heavy (non-hydrogen) atoms. The maximum absolute atomic E-state index is 13.8. The van der Waals surface area contributed by atoms with E-state index >= 15 is 0 Å². The van der Waals surface area contributed by atoms with Crippen LogP contribution in [0.25, 0.3) is 0 Å². The Labute approximate surface area is 153 Å². The van der Waals surface area contributed by atoms with E-state index in [-0.39, 0.29) is 0 Å². The smallest absolute Gasteiger partial charge is 0.325 e. The number of hydrogen-bond acceptors (Lipinski definition) is 3. The molecule has 2 aromatic rings. The average Bonchev–Trinajstić information content (AvgIpc) is 2.79. The maximum Gasteiger partial charge on any atom is 0.325 e. The lowest BCUT2D eigenvalue weighted by Gasteiger charge is -2.23. The van der Waals surface area contributed by atoms with E-state index in [1.165, 1.54) is 6.92 Å². The Morgan fingerprint density at radius 2 is 1.73 bits per heavy atom. The Morgan fingerprint density at radius 3 is 2.31 bits per heavy atom. The van der Waals surface area contributed by atoms with Gasteiger partial charge in [-0.3, -0.25) is 9.69 Å². The third kappa shape index (κ3) is 3.04. The highest BCUT2D eigenvalue weighted by atomic mass is 35.5. The van der Waals surface area contributed by atoms with Crippen LogP contribution >= 0.6 is 11.6 Å². The Kier molecular flexibility index (Phi) is 4.68. The fourth-order valence-corrected chi connectivity index (χ4v) is 3.06. The molecule has 0 radical (unpaired) electrons. The fraction of sp³-hybridized carbons (Fsp3) is 0.222. The molecular formula is C18H15ClF2N2O3. The highest BCUT2D eigenvalue weighted by Crippen LogP contribution is 2.31. The summed E-state index contributed by atoms with van der Waals surface area (Å²) in [6.07, 6.45) is -1.70. The molecule has 0 aromatic heterocycles. The van der Waals surface area contributed by atoms with Crippen molar-refractivity contribution in [2.75, 3.05) is 6.54 Å². The van der Waals surface area contributed by atoms with Gasteiger partial charge in [0.15, 0.2) is 0 Å². The number of hydrogen-bond donors (Lipinski definition) is 2. The summed E-state index contributed by atoms with van der Waals surface area (Å²) in [5.41, 5.74) is -1.46. The molecule has 1 fully saturated rings. The highest BCUT2D eigenvalue weighted by Gasteiger charge is 2.49. The lowest BCUT2D eigenvalue weighted by atomic mass is 9.92. The molecule has 8 heteroatoms. The van der Waals surface area contributed by atoms with Gasteiger partial charge in [0.1, 0.15) is 23.3 Å². The van der Waals surface area contributed by atoms with Crippen molar-refractivity contribution in [3.05, 3.63) is 70.2 Å². The van der Waals surface area contributed by atoms with Crippen molar-refractivity contribution in [1.82, 2.24) is 10.2 Å². The number of β-amino-alcohol motifs (C(OH)–C–C–N with tert-alkyl or cyclic N) is 1. The van der Waals surface area contributed by atoms with Gasteiger partial charge in [-0.2, -0.15) is 0 Å². The standard InChI is InChI=1S/C18H15ClF2N2O3/c1-18(10-5-7-11(19)8-6-10)16(25)23(17(26)22-18)9-14(24)15-12(20)3-2-4-13(15)21/h2-8,14,24H,9H2,1H3,(H,22,26). The highest BCUT2D eigenvalue weighted by molar-refractivity contribution is 6.30. The van der Waals surface area contributed by atoms with Crippen LogP contribution in [0.15, 0.2) is 42.5 Å². The fourth-order valence-electron chi connectivity index (χ4n) is 2.93. The van der Waals surface area contributed by atoms with Gasteiger partial charge in [-0.05, 0) is 36.8 Å². The van der Waals surface area contributed by atoms with Crippen molar-refractivity contribution >= 4 is 23.5 Å². The molecule has 2 atom stereocenters. The van der Waals surface area contributed by atoms with Gasteiger partial charge < -0.3 is 10.4 Å². The molecule has 3 rings (SSSR count). The van der Waals surface area contributed by atoms with Crippen molar-refractivity contribution in [2.45, 2.75) is 18.6 Å². The first-order valence-corrected chi connectivity index (χ1v) is 8.14. The first-order valence-electron chi connectivity index (χ1n) is 7.76. The van der Waals surface area contributed by atoms with E-state index in [0.717, 1.165) is 23.1 Å². The van der Waals surface area contributed by atoms with Gasteiger partial charge in [-0.25, -0.2) is 13.6 Å². The van der Waals surface area contributed by atoms with E-state index in [4.69, 9.17) is 11.6 Å². The number of urea groups is 1. The molecule has 5 nitrogen and oxygen atoms in total. The van der Waals surface area contributed by atoms with Gasteiger partial charge >= 0.3 is 6.03 Å². The van der Waals surface area contributed by atoms with Gasteiger partial charge in [-0.15, -0.1) is 0 Å². The molecule has 1 saturated heterocycles. The summed E-state index contributed by atoms with van der Waals surface area (Å²) >= 11 is 5.84. The number of carbonyl (C=O) groups excluding carboxylic acids is 2. The third-order valence-corrected chi connectivity index (χ3v) is 4.64. The number of nitrogens with zero attached hydrogens (tertiary/aromatic N) is 1. The van der Waals surface area contributed by atoms with E-state index in [1.807, 2.05) is 0 Å². The average molecular weight is 381 g/mol. The molecule has 0 saturated carbocycles. The normalized spacial score (nSPS) is 21.0. The zero-order chi connectivity index (χ0) is 19.1. The van der Waals surface area contributed by atoms with Crippen molar-refractivity contribution in [3.8, 4) is 0 Å². The van der Waals surface area contributed by atoms with E-state index in [9.17, 15) is 23.5 Å². The summed E-state index contributed by atoms with van der Waals surface area (Å²) < 4.78 is 27.6. The molecule has 0 spiro atoms. The Bertz CT molecular complexity index is 855. The van der Waals surface area contributed by atoms with E-state index in [2.05, 4.69) is 5.32 Å². The molecule has 0 aliphatic carbocycles. The van der Waals surface area contributed by atoms with Crippen molar-refractivity contribution < 1.29 is 23.5 Å². The number of aliphatic hydroxyl groups excluding tert-OH is 1. The Hall–Kier alpha value is -2.51. The Morgan fingerprint density at radius 1 is 1.15 bits per heavy atom. The zero-order valence-electron chi connectivity index (χ0n) is 13.7. The first kappa shape index (κ1) is 18.3. The summed E-state index contributed by atoms with van der Waals surface area (Å²) in [5, 5.41) is 13.2. The monoisotopic (exact) mass is 380 g/mol. The minimum atomic E-state index is -1.70. The minimum Gasteiger partial charge on any atom is -0.386 e. The zero-order valence-corrected chi connectivity index (χ0v) is 14.4. The number of halogens is 3. The number of carbonyl (C=O) groups is 2. The second kappa shape index (κ2) is 6.66. The molecular weight excluding hydrogens is 366 g/mol. The molecule has 2 unspecified atom stereocenters. The van der Waals surface area contributed by atoms with E-state index < -0.39 is 47.3 Å². The molecule has 1 aliphatic rings. The number of benzene rings is 2. The largest absolute Gasteiger partial charge is 0.386 e. The summed E-state index contributed by atoms with van der Waals surface area (Å²) in [7, 11) is 0. The van der Waals surface area contributed by atoms with Gasteiger partial charge in [0.25, 0.3) is 5.91 Å². The quantitative estimate of drug-likeness (QED) is 0.801. The summed E-state index contributed by atoms with van der Waals surface area (Å²) in [6, 6.07) is 8.72. The van der Waals surface area contributed by atoms with E-state index in [1.54, 1.807) is 24.3 Å². The van der Waals surface area contributed by atoms with Crippen LogP contribution in [0.1, 0.15) is 24.2 Å². The lowest BCUT2D eigenvalue weighted by Crippen LogP contribution is -2.41. The van der Waals surface area contributed by atoms with Crippen LogP contribution in [0.4, 0.5) is 13.6 Å². The number of imide groups is 1. The van der Waals surface area contributed by atoms with Crippen LogP contribution in [0, 0.1) is 11.6 Å². The summed E-state index contributed by atoms with van der Waals surface area (Å²) in [4.78, 5) is 25.8. The molecule has 2 aromatic carbocycles. The van der Waals surface area contributed by atoms with Gasteiger partial charge in [0, 0.05) is 5.02 Å². The lowest BCUT2D eigenvalue weighted by molar-refractivity contribution is -0.132. The molecule has 2 N–H and O–H groups in total. The second-order valence-electron chi connectivity index (χ2n) is 6.13. The van der Waals surface area contributed by atoms with Gasteiger partial charge in [0.2, 0.25) is 0 Å². The van der Waals surface area contributed by atoms with Crippen molar-refractivity contribution in [3.63, 3.8) is 0 Å². The minimum absolute atomic E-state index is 0.469. The molecule has 3 amide bonds. The SMILES string of the molecule is CC1(c2ccc(Cl)cc2)NC(=O)N(CC(O)c2c(F)cccc2F)C1=O. The van der Waals surface area contributed by atoms with Crippen LogP contribution in [-0.4, -0.2) is 28.5 Å². The number of rotatable bonds is 4. The third-order valence-electron chi connectivity index (χ3n) is 4.38.